The van der Waals surface area contributed by atoms with Crippen LogP contribution in [0.5, 0.6) is 11.5 Å². The van der Waals surface area contributed by atoms with E-state index in [1.165, 1.54) is 25.3 Å². The number of hydrogen-bond acceptors (Lipinski definition) is 5. The number of nitro benzene ring substituents is 1. The molecule has 0 saturated carbocycles. The van der Waals surface area contributed by atoms with Crippen LogP contribution < -0.4 is 9.47 Å². The first-order chi connectivity index (χ1) is 12.5. The van der Waals surface area contributed by atoms with Crippen molar-refractivity contribution in [2.24, 2.45) is 0 Å². The molecule has 130 valence electrons. The number of nitro groups is 1. The van der Waals surface area contributed by atoms with Gasteiger partial charge >= 0.3 is 0 Å². The van der Waals surface area contributed by atoms with Gasteiger partial charge in [0.2, 0.25) is 0 Å². The van der Waals surface area contributed by atoms with Crippen LogP contribution in [0.3, 0.4) is 0 Å². The topological polar surface area (TPSA) is 85.4 Å². The molecule has 0 aliphatic carbocycles. The predicted molar refractivity (Wildman–Crippen MR) is 102 cm³/mol. The summed E-state index contributed by atoms with van der Waals surface area (Å²) in [6.45, 7) is 0.0924. The van der Waals surface area contributed by atoms with Gasteiger partial charge in [-0.15, -0.1) is 6.42 Å². The van der Waals surface area contributed by atoms with Crippen LogP contribution >= 0.6 is 15.9 Å². The third-order valence-corrected chi connectivity index (χ3v) is 4.07. The first-order valence-electron chi connectivity index (χ1n) is 7.30. The third kappa shape index (κ3) is 4.41. The van der Waals surface area contributed by atoms with Gasteiger partial charge in [0.25, 0.3) is 5.69 Å². The zero-order chi connectivity index (χ0) is 19.1. The van der Waals surface area contributed by atoms with Crippen molar-refractivity contribution >= 4 is 33.3 Å². The van der Waals surface area contributed by atoms with E-state index in [9.17, 15) is 15.4 Å². The molecule has 7 heteroatoms. The lowest BCUT2D eigenvalue weighted by molar-refractivity contribution is -0.384. The highest BCUT2D eigenvalue weighted by atomic mass is 79.9. The maximum Gasteiger partial charge on any atom is 0.270 e. The Morgan fingerprint density at radius 2 is 2.15 bits per heavy atom. The van der Waals surface area contributed by atoms with Gasteiger partial charge < -0.3 is 9.47 Å². The summed E-state index contributed by atoms with van der Waals surface area (Å²) in [5, 5.41) is 20.4. The Bertz CT molecular complexity index is 955. The summed E-state index contributed by atoms with van der Waals surface area (Å²) >= 11 is 3.42. The predicted octanol–water partition coefficient (Wildman–Crippen LogP) is 4.44. The van der Waals surface area contributed by atoms with Crippen LogP contribution in [0.2, 0.25) is 0 Å². The molecule has 0 aliphatic heterocycles. The summed E-state index contributed by atoms with van der Waals surface area (Å²) in [5.74, 6) is 3.29. The lowest BCUT2D eigenvalue weighted by atomic mass is 10.0. The molecule has 26 heavy (non-hydrogen) atoms. The highest BCUT2D eigenvalue weighted by Gasteiger charge is 2.12. The second-order valence-corrected chi connectivity index (χ2v) is 5.85. The van der Waals surface area contributed by atoms with Crippen LogP contribution in [0.4, 0.5) is 5.69 Å². The monoisotopic (exact) mass is 412 g/mol. The molecule has 0 unspecified atom stereocenters. The van der Waals surface area contributed by atoms with Crippen LogP contribution in [0.25, 0.3) is 11.6 Å². The third-order valence-electron chi connectivity index (χ3n) is 3.38. The van der Waals surface area contributed by atoms with E-state index in [-0.39, 0.29) is 17.9 Å². The van der Waals surface area contributed by atoms with Gasteiger partial charge in [-0.2, -0.15) is 5.26 Å². The quantitative estimate of drug-likeness (QED) is 0.230. The molecule has 0 bridgehead atoms. The molecule has 0 spiro atoms. The molecule has 0 amide bonds. The Morgan fingerprint density at radius 1 is 1.38 bits per heavy atom. The lowest BCUT2D eigenvalue weighted by Gasteiger charge is -2.11. The van der Waals surface area contributed by atoms with E-state index in [1.54, 1.807) is 24.3 Å². The molecule has 0 saturated heterocycles. The number of terminal acetylenes is 1. The van der Waals surface area contributed by atoms with Crippen molar-refractivity contribution in [3.05, 3.63) is 62.1 Å². The summed E-state index contributed by atoms with van der Waals surface area (Å²) < 4.78 is 11.4. The minimum absolute atomic E-state index is 0.0849. The molecule has 0 atom stereocenters. The summed E-state index contributed by atoms with van der Waals surface area (Å²) in [6, 6.07) is 11.3. The first kappa shape index (κ1) is 19.0. The fraction of sp³-hybridized carbons (Fsp3) is 0.105. The van der Waals surface area contributed by atoms with Crippen molar-refractivity contribution in [1.29, 1.82) is 5.26 Å². The van der Waals surface area contributed by atoms with E-state index in [1.807, 2.05) is 0 Å². The number of rotatable bonds is 6. The van der Waals surface area contributed by atoms with Crippen molar-refractivity contribution in [2.45, 2.75) is 0 Å². The van der Waals surface area contributed by atoms with Crippen molar-refractivity contribution in [1.82, 2.24) is 0 Å². The first-order valence-corrected chi connectivity index (χ1v) is 8.10. The van der Waals surface area contributed by atoms with Gasteiger partial charge in [0.05, 0.1) is 23.7 Å². The molecule has 2 aromatic carbocycles. The van der Waals surface area contributed by atoms with Crippen molar-refractivity contribution in [3.8, 4) is 29.9 Å². The average Bonchev–Trinajstić information content (AvgIpc) is 2.65. The van der Waals surface area contributed by atoms with Gasteiger partial charge in [0.15, 0.2) is 11.5 Å². The molecule has 0 radical (unpaired) electrons. The second kappa shape index (κ2) is 8.70. The summed E-state index contributed by atoms with van der Waals surface area (Å²) in [7, 11) is 1.49. The van der Waals surface area contributed by atoms with E-state index in [2.05, 4.69) is 27.9 Å². The zero-order valence-electron chi connectivity index (χ0n) is 13.7. The Hall–Kier alpha value is -3.29. The van der Waals surface area contributed by atoms with E-state index in [0.717, 1.165) is 0 Å². The van der Waals surface area contributed by atoms with Crippen LogP contribution in [-0.4, -0.2) is 18.6 Å². The van der Waals surface area contributed by atoms with Crippen LogP contribution in [0.1, 0.15) is 11.1 Å². The fourth-order valence-corrected chi connectivity index (χ4v) is 2.61. The number of allylic oxidation sites excluding steroid dienone is 1. The standard InChI is InChI=1S/C19H13BrN2O4/c1-3-7-26-19-11-17(20)14(10-18(19)25-2)8-15(12-21)13-5-4-6-16(9-13)22(23)24/h1,4-6,8-11H,7H2,2H3/b15-8-. The largest absolute Gasteiger partial charge is 0.493 e. The molecule has 0 heterocycles. The number of benzene rings is 2. The van der Waals surface area contributed by atoms with E-state index in [0.29, 0.717) is 27.1 Å². The Balaban J connectivity index is 2.49. The molecule has 2 aromatic rings. The number of methoxy groups -OCH3 is 1. The van der Waals surface area contributed by atoms with Gasteiger partial charge in [0.1, 0.15) is 6.61 Å². The van der Waals surface area contributed by atoms with E-state index in [4.69, 9.17) is 15.9 Å². The number of hydrogen-bond donors (Lipinski definition) is 0. The Morgan fingerprint density at radius 3 is 2.77 bits per heavy atom. The second-order valence-electron chi connectivity index (χ2n) is 4.99. The molecule has 0 aliphatic rings. The lowest BCUT2D eigenvalue weighted by Crippen LogP contribution is -1.97. The molecule has 2 rings (SSSR count). The van der Waals surface area contributed by atoms with E-state index < -0.39 is 4.92 Å². The van der Waals surface area contributed by atoms with E-state index >= 15 is 0 Å². The maximum atomic E-state index is 10.9. The number of ether oxygens (including phenoxy) is 2. The number of nitriles is 1. The fourth-order valence-electron chi connectivity index (χ4n) is 2.18. The molecular formula is C19H13BrN2O4. The SMILES string of the molecule is C#CCOc1cc(Br)c(/C=C(/C#N)c2cccc([N+](=O)[O-])c2)cc1OC. The van der Waals surface area contributed by atoms with Crippen molar-refractivity contribution in [2.75, 3.05) is 13.7 Å². The van der Waals surface area contributed by atoms with Crippen LogP contribution in [0, 0.1) is 33.8 Å². The van der Waals surface area contributed by atoms with Gasteiger partial charge in [-0.3, -0.25) is 10.1 Å². The zero-order valence-corrected chi connectivity index (χ0v) is 15.3. The molecule has 0 N–H and O–H groups in total. The molecular weight excluding hydrogens is 400 g/mol. The van der Waals surface area contributed by atoms with Gasteiger partial charge in [-0.1, -0.05) is 34.0 Å². The van der Waals surface area contributed by atoms with Crippen molar-refractivity contribution in [3.63, 3.8) is 0 Å². The minimum atomic E-state index is -0.505. The van der Waals surface area contributed by atoms with Gasteiger partial charge in [-0.05, 0) is 29.3 Å². The number of halogens is 1. The maximum absolute atomic E-state index is 10.9. The van der Waals surface area contributed by atoms with Crippen molar-refractivity contribution < 1.29 is 14.4 Å². The Kier molecular flexibility index (Phi) is 6.37. The molecule has 0 aromatic heterocycles. The average molecular weight is 413 g/mol. The van der Waals surface area contributed by atoms with Gasteiger partial charge in [-0.25, -0.2) is 0 Å². The highest BCUT2D eigenvalue weighted by Crippen LogP contribution is 2.35. The highest BCUT2D eigenvalue weighted by molar-refractivity contribution is 9.10. The smallest absolute Gasteiger partial charge is 0.270 e. The Labute approximate surface area is 158 Å². The molecule has 0 fully saturated rings. The number of nitrogens with zero attached hydrogens (tertiary/aromatic N) is 2. The number of non-ortho nitro benzene ring substituents is 1. The van der Waals surface area contributed by atoms with Crippen LogP contribution in [-0.2, 0) is 0 Å². The summed E-state index contributed by atoms with van der Waals surface area (Å²) in [6.07, 6.45) is 6.80. The molecule has 6 nitrogen and oxygen atoms in total. The van der Waals surface area contributed by atoms with Crippen LogP contribution in [0.15, 0.2) is 40.9 Å². The normalized spacial score (nSPS) is 10.5. The minimum Gasteiger partial charge on any atom is -0.493 e. The van der Waals surface area contributed by atoms with Gasteiger partial charge in [0, 0.05) is 16.6 Å². The summed E-state index contributed by atoms with van der Waals surface area (Å²) in [4.78, 5) is 10.4. The summed E-state index contributed by atoms with van der Waals surface area (Å²) in [5.41, 5.74) is 1.28.